The van der Waals surface area contributed by atoms with Crippen molar-refractivity contribution in [3.05, 3.63) is 220 Å². The van der Waals surface area contributed by atoms with Crippen LogP contribution >= 0.6 is 0 Å². The second kappa shape index (κ2) is 58.9. The van der Waals surface area contributed by atoms with E-state index in [1.807, 2.05) is 125 Å². The minimum atomic E-state index is -0.289. The van der Waals surface area contributed by atoms with Crippen LogP contribution < -0.4 is 15.5 Å². The van der Waals surface area contributed by atoms with Crippen LogP contribution in [0.5, 0.6) is 0 Å². The molecule has 0 radical (unpaired) electrons. The molecule has 2 atom stereocenters. The Kier molecular flexibility index (Phi) is 51.1. The summed E-state index contributed by atoms with van der Waals surface area (Å²) in [5, 5.41) is 37.8. The number of benzene rings is 1. The average molecular weight is 2000 g/mol. The standard InChI is InChI=1S/C19H31N3O.C17H27N3O.C16H23NO.C14H22N2.C12H20N2.2C11H20N2O.C11H15NO.C10H18N2/c1-15(2)22-10-8-21(9-11-22)14-18(23)12-17-7-6-16(13-20-17)19(3,4)5;1-13-7-9-20(10-8-13)12-16(21)19-15-6-5-14(11-18-15)17(2,3)4;1-16(2,3)14-9-7-8-13(12-14)15(18)17-10-5-4-6-11-17;1-14(2,3)12-7-8-13(15-11-12)16-9-5-4-6-10-16;1-5-8-13-11-7-6-10(9-14-11)12(2,3)4;2*1-5-10(14)8-13-7-9(6-12-13)11(2,3)4;1-8(13)10-6-5-9(7-12-10)11(2,3)4;1-5-6-12-8-9(7-11-12)10(2,3)4/h6-7,13,15H,8-12,14H2,1-5H3;5-6,11,13H,7-10,12H2,1-4H3,(H,18,19,21);7-9,12H,4-6,10-11H2,1-3H3;7-8,11H,4-6,9-10H2,1-3H3;6-7,9H,5,8H2,1-4H3,(H,13,14);2*6-7,10,14H,5,8H2,1-4H3;5-7H,1-4H3;7-8H,5-6H2,1-4H3/t;;;;;2*10-;;/m.....10../s1. The Bertz CT molecular complexity index is 5100. The molecular formula is C121H196N18O6. The molecule has 2 amide bonds. The molecule has 0 unspecified atom stereocenters. The fraction of sp³-hybridized carbons (Fsp3) is 0.636. The van der Waals surface area contributed by atoms with Crippen molar-refractivity contribution in [1.82, 2.24) is 73.9 Å². The lowest BCUT2D eigenvalue weighted by molar-refractivity contribution is -0.120. The molecule has 12 heterocycles. The lowest BCUT2D eigenvalue weighted by Gasteiger charge is -2.36. The number of ketones is 2. The van der Waals surface area contributed by atoms with E-state index in [4.69, 9.17) is 0 Å². The summed E-state index contributed by atoms with van der Waals surface area (Å²) in [4.78, 5) is 80.9. The second-order valence-electron chi connectivity index (χ2n) is 49.6. The van der Waals surface area contributed by atoms with E-state index in [0.29, 0.717) is 50.2 Å². The SMILES string of the molecule is CC(=O)c1ccc(C(C)(C)C)cn1.CC(C)(C)c1ccc(N2CCCCC2)nc1.CC(C)(C)c1cccc(C(=O)N2CCCCC2)c1.CC(C)N1CCN(CC(=O)Cc2ccc(C(C)(C)C)cn2)CC1.CC1CCN(CC(=O)Nc2ccc(C(C)(C)C)cn2)CC1.CCCNc1ccc(C(C)(C)C)cn1.CCCn1cc(C(C)(C)C)cn1.CC[C@@H](O)Cn1cc(C(C)(C)C)cn1.CC[C@H](O)Cn1cc(C(C)(C)C)cn1. The van der Waals surface area contributed by atoms with Crippen LogP contribution in [0.2, 0.25) is 0 Å². The lowest BCUT2D eigenvalue weighted by atomic mass is 9.86. The Morgan fingerprint density at radius 2 is 0.814 bits per heavy atom. The summed E-state index contributed by atoms with van der Waals surface area (Å²) in [7, 11) is 0. The number of aromatic nitrogens is 11. The number of pyridine rings is 5. The molecule has 4 fully saturated rings. The smallest absolute Gasteiger partial charge is 0.253 e. The molecule has 4 aliphatic rings. The third-order valence-corrected chi connectivity index (χ3v) is 26.5. The quantitative estimate of drug-likeness (QED) is 0.0459. The van der Waals surface area contributed by atoms with Crippen molar-refractivity contribution < 1.29 is 29.4 Å². The van der Waals surface area contributed by atoms with E-state index < -0.39 is 0 Å². The lowest BCUT2D eigenvalue weighted by Crippen LogP contribution is -2.50. The van der Waals surface area contributed by atoms with Crippen molar-refractivity contribution in [3.63, 3.8) is 0 Å². The molecule has 4 saturated heterocycles. The number of piperazine rings is 1. The van der Waals surface area contributed by atoms with Gasteiger partial charge in [0.05, 0.1) is 63.4 Å². The first kappa shape index (κ1) is 126. The summed E-state index contributed by atoms with van der Waals surface area (Å²) in [5.74, 6) is 4.04. The van der Waals surface area contributed by atoms with Crippen molar-refractivity contribution in [2.75, 3.05) is 101 Å². The number of nitrogens with zero attached hydrogens (tertiary/aromatic N) is 16. The Morgan fingerprint density at radius 3 is 1.19 bits per heavy atom. The zero-order valence-electron chi connectivity index (χ0n) is 96.9. The number of carbonyl (C=O) groups excluding carboxylic acids is 4. The van der Waals surface area contributed by atoms with Crippen molar-refractivity contribution in [2.45, 2.75) is 412 Å². The van der Waals surface area contributed by atoms with E-state index in [0.717, 1.165) is 138 Å². The van der Waals surface area contributed by atoms with E-state index in [1.54, 1.807) is 12.3 Å². The van der Waals surface area contributed by atoms with Crippen LogP contribution in [-0.2, 0) is 84.4 Å². The van der Waals surface area contributed by atoms with E-state index >= 15 is 0 Å². The molecule has 806 valence electrons. The molecular weight excluding hydrogens is 1800 g/mol. The number of hydrogen-bond donors (Lipinski definition) is 4. The highest BCUT2D eigenvalue weighted by Crippen LogP contribution is 2.31. The van der Waals surface area contributed by atoms with Crippen molar-refractivity contribution in [3.8, 4) is 0 Å². The summed E-state index contributed by atoms with van der Waals surface area (Å²) in [5.41, 5.74) is 14.6. The summed E-state index contributed by atoms with van der Waals surface area (Å²) in [6.45, 7) is 89.7. The van der Waals surface area contributed by atoms with Gasteiger partial charge in [-0.1, -0.05) is 264 Å². The molecule has 24 nitrogen and oxygen atoms in total. The minimum Gasteiger partial charge on any atom is -0.391 e. The zero-order valence-corrected chi connectivity index (χ0v) is 96.9. The van der Waals surface area contributed by atoms with Gasteiger partial charge >= 0.3 is 0 Å². The summed E-state index contributed by atoms with van der Waals surface area (Å²) < 4.78 is 5.64. The van der Waals surface area contributed by atoms with Gasteiger partial charge in [-0.3, -0.25) is 57.9 Å². The minimum absolute atomic E-state index is 0.0143. The van der Waals surface area contributed by atoms with E-state index in [2.05, 4.69) is 341 Å². The van der Waals surface area contributed by atoms with Crippen LogP contribution in [-0.4, -0.2) is 211 Å². The topological polar surface area (TPSA) is 267 Å². The highest BCUT2D eigenvalue weighted by molar-refractivity contribution is 5.94. The van der Waals surface area contributed by atoms with Crippen LogP contribution in [0, 0.1) is 5.92 Å². The van der Waals surface area contributed by atoms with Crippen LogP contribution in [0.1, 0.15) is 396 Å². The second-order valence-corrected chi connectivity index (χ2v) is 49.6. The molecule has 9 aromatic rings. The average Bonchev–Trinajstić information content (AvgIpc) is 1.72. The molecule has 13 rings (SSSR count). The predicted molar refractivity (Wildman–Crippen MR) is 605 cm³/mol. The molecule has 8 aromatic heterocycles. The molecule has 24 heteroatoms. The van der Waals surface area contributed by atoms with Gasteiger partial charge in [-0.05, 0) is 251 Å². The highest BCUT2D eigenvalue weighted by Gasteiger charge is 2.28. The number of likely N-dealkylation sites (tertiary alicyclic amines) is 2. The Balaban J connectivity index is 0.000000289. The number of rotatable bonds is 22. The Morgan fingerprint density at radius 1 is 0.407 bits per heavy atom. The number of hydrogen-bond acceptors (Lipinski definition) is 19. The zero-order chi connectivity index (χ0) is 109. The number of amides is 2. The van der Waals surface area contributed by atoms with Crippen LogP contribution in [0.3, 0.4) is 0 Å². The first-order valence-electron chi connectivity index (χ1n) is 54.2. The van der Waals surface area contributed by atoms with Gasteiger partial charge in [0.2, 0.25) is 5.91 Å². The normalized spacial score (nSPS) is 15.3. The summed E-state index contributed by atoms with van der Waals surface area (Å²) >= 11 is 0. The van der Waals surface area contributed by atoms with Gasteiger partial charge in [-0.15, -0.1) is 0 Å². The maximum atomic E-state index is 12.4. The first-order chi connectivity index (χ1) is 67.5. The van der Waals surface area contributed by atoms with Gasteiger partial charge in [-0.25, -0.2) is 15.0 Å². The van der Waals surface area contributed by atoms with E-state index in [9.17, 15) is 29.4 Å². The monoisotopic (exact) mass is 2000 g/mol. The van der Waals surface area contributed by atoms with Gasteiger partial charge in [0, 0.05) is 139 Å². The molecule has 1 aromatic carbocycles. The van der Waals surface area contributed by atoms with Gasteiger partial charge in [0.15, 0.2) is 11.6 Å². The number of carbonyl (C=O) groups is 4. The number of piperidine rings is 3. The number of aliphatic hydroxyl groups is 2. The molecule has 4 aliphatic heterocycles. The summed E-state index contributed by atoms with van der Waals surface area (Å²) in [6.07, 6.45) is 35.0. The largest absolute Gasteiger partial charge is 0.391 e. The maximum absolute atomic E-state index is 12.4. The highest BCUT2D eigenvalue weighted by atomic mass is 16.3. The number of nitrogens with one attached hydrogen (secondary N) is 2. The Hall–Kier alpha value is -9.72. The summed E-state index contributed by atoms with van der Waals surface area (Å²) in [6, 6.07) is 29.0. The molecule has 0 saturated carbocycles. The third kappa shape index (κ3) is 47.6. The van der Waals surface area contributed by atoms with Gasteiger partial charge in [-0.2, -0.15) is 15.3 Å². The molecule has 0 aliphatic carbocycles. The number of anilines is 3. The molecule has 4 N–H and O–H groups in total. The van der Waals surface area contributed by atoms with E-state index in [1.165, 1.54) is 103 Å². The van der Waals surface area contributed by atoms with E-state index in [-0.39, 0.29) is 84.3 Å². The van der Waals surface area contributed by atoms with Gasteiger partial charge in [0.1, 0.15) is 23.1 Å². The molecule has 145 heavy (non-hydrogen) atoms. The third-order valence-electron chi connectivity index (χ3n) is 26.5. The van der Waals surface area contributed by atoms with Crippen molar-refractivity contribution in [1.29, 1.82) is 0 Å². The molecule has 0 bridgehead atoms. The Labute approximate surface area is 878 Å². The fourth-order valence-electron chi connectivity index (χ4n) is 15.7. The number of aliphatic hydroxyl groups excluding tert-OH is 2. The maximum Gasteiger partial charge on any atom is 0.253 e. The number of aryl methyl sites for hydroxylation is 1. The van der Waals surface area contributed by atoms with Crippen LogP contribution in [0.4, 0.5) is 17.5 Å². The number of Topliss-reactive ketones (excluding diaryl/α,β-unsaturated/α-hetero) is 2. The van der Waals surface area contributed by atoms with Crippen molar-refractivity contribution in [2.24, 2.45) is 5.92 Å². The molecule has 0 spiro atoms. The first-order valence-corrected chi connectivity index (χ1v) is 54.2. The van der Waals surface area contributed by atoms with Crippen LogP contribution in [0.25, 0.3) is 0 Å². The van der Waals surface area contributed by atoms with Gasteiger partial charge < -0.3 is 30.6 Å². The van der Waals surface area contributed by atoms with Crippen LogP contribution in [0.15, 0.2) is 153 Å². The predicted octanol–water partition coefficient (Wildman–Crippen LogP) is 24.8. The van der Waals surface area contributed by atoms with Gasteiger partial charge in [0.25, 0.3) is 5.91 Å². The fourth-order valence-corrected chi connectivity index (χ4v) is 15.7. The van der Waals surface area contributed by atoms with Crippen molar-refractivity contribution >= 4 is 40.8 Å².